The van der Waals surface area contributed by atoms with Crippen molar-refractivity contribution in [3.05, 3.63) is 100 Å². The van der Waals surface area contributed by atoms with Gasteiger partial charge in [-0.25, -0.2) is 4.79 Å². The van der Waals surface area contributed by atoms with Crippen molar-refractivity contribution in [2.45, 2.75) is 52.5 Å². The van der Waals surface area contributed by atoms with E-state index < -0.39 is 5.97 Å². The van der Waals surface area contributed by atoms with Crippen LogP contribution in [0.5, 0.6) is 5.75 Å². The van der Waals surface area contributed by atoms with E-state index in [-0.39, 0.29) is 18.6 Å². The number of carbonyl (C=O) groups excluding carboxylic acids is 2. The minimum absolute atomic E-state index is 0.0841. The molecular formula is C33H38N2O4. The zero-order valence-corrected chi connectivity index (χ0v) is 23.5. The monoisotopic (exact) mass is 526 g/mol. The molecule has 1 atom stereocenters. The quantitative estimate of drug-likeness (QED) is 0.228. The third-order valence-electron chi connectivity index (χ3n) is 7.37. The summed E-state index contributed by atoms with van der Waals surface area (Å²) in [5, 5.41) is 4.29. The number of unbranched alkanes of at least 4 members (excludes halogenated alkanes) is 1. The van der Waals surface area contributed by atoms with Crippen LogP contribution in [0.15, 0.2) is 66.7 Å². The highest BCUT2D eigenvalue weighted by molar-refractivity contribution is 5.99. The predicted molar refractivity (Wildman–Crippen MR) is 155 cm³/mol. The van der Waals surface area contributed by atoms with Gasteiger partial charge in [0.05, 0.1) is 13.2 Å². The van der Waals surface area contributed by atoms with Gasteiger partial charge in [0, 0.05) is 29.2 Å². The summed E-state index contributed by atoms with van der Waals surface area (Å²) in [7, 11) is 3.37. The second kappa shape index (κ2) is 12.7. The minimum Gasteiger partial charge on any atom is -0.482 e. The number of fused-ring (bicyclic) bond motifs is 1. The molecule has 0 bridgehead atoms. The second-order valence-electron chi connectivity index (χ2n) is 10.1. The molecular weight excluding hydrogens is 488 g/mol. The number of aryl methyl sites for hydroxylation is 2. The molecule has 0 saturated carbocycles. The number of esters is 1. The van der Waals surface area contributed by atoms with E-state index in [2.05, 4.69) is 52.7 Å². The van der Waals surface area contributed by atoms with Gasteiger partial charge in [-0.15, -0.1) is 0 Å². The van der Waals surface area contributed by atoms with Crippen LogP contribution in [0.2, 0.25) is 0 Å². The van der Waals surface area contributed by atoms with E-state index >= 15 is 0 Å². The Morgan fingerprint density at radius 1 is 1.00 bits per heavy atom. The number of hydrogen-bond donors (Lipinski definition) is 1. The fraction of sp³-hybridized carbons (Fsp3) is 0.333. The average molecular weight is 527 g/mol. The Kier molecular flexibility index (Phi) is 9.07. The van der Waals surface area contributed by atoms with Crippen molar-refractivity contribution in [2.75, 3.05) is 13.7 Å². The number of rotatable bonds is 11. The van der Waals surface area contributed by atoms with Crippen LogP contribution in [0.25, 0.3) is 10.9 Å². The number of nitrogens with zero attached hydrogens (tertiary/aromatic N) is 1. The van der Waals surface area contributed by atoms with Crippen molar-refractivity contribution >= 4 is 22.8 Å². The maximum absolute atomic E-state index is 13.2. The van der Waals surface area contributed by atoms with E-state index in [1.807, 2.05) is 56.4 Å². The fourth-order valence-corrected chi connectivity index (χ4v) is 4.92. The molecule has 0 unspecified atom stereocenters. The maximum atomic E-state index is 13.2. The molecule has 3 aromatic carbocycles. The van der Waals surface area contributed by atoms with Crippen molar-refractivity contribution in [3.63, 3.8) is 0 Å². The van der Waals surface area contributed by atoms with E-state index in [4.69, 9.17) is 4.74 Å². The molecule has 6 heteroatoms. The van der Waals surface area contributed by atoms with Gasteiger partial charge in [-0.3, -0.25) is 4.79 Å². The maximum Gasteiger partial charge on any atom is 0.343 e. The molecule has 1 aromatic heterocycles. The standard InChI is InChI=1S/C33H38N2O4/c1-6-7-10-24-11-8-13-26(17-24)22(2)34-33(37)27-15-16-29-30(23(3)35(4)31(29)20-27)19-25-12-9-14-28(18-25)39-21-32(36)38-5/h8-9,11-18,20,22H,6-7,10,19,21H2,1-5H3,(H,34,37)/t22-/m0/s1. The van der Waals surface area contributed by atoms with Crippen molar-refractivity contribution < 1.29 is 19.1 Å². The fourth-order valence-electron chi connectivity index (χ4n) is 4.92. The first kappa shape index (κ1) is 28.0. The zero-order chi connectivity index (χ0) is 27.9. The van der Waals surface area contributed by atoms with Crippen LogP contribution in [0.4, 0.5) is 0 Å². The first-order valence-corrected chi connectivity index (χ1v) is 13.6. The third-order valence-corrected chi connectivity index (χ3v) is 7.37. The van der Waals surface area contributed by atoms with Gasteiger partial charge in [0.1, 0.15) is 5.75 Å². The molecule has 0 saturated heterocycles. The van der Waals surface area contributed by atoms with E-state index in [1.54, 1.807) is 0 Å². The molecule has 204 valence electrons. The smallest absolute Gasteiger partial charge is 0.343 e. The summed E-state index contributed by atoms with van der Waals surface area (Å²) < 4.78 is 12.4. The molecule has 39 heavy (non-hydrogen) atoms. The number of hydrogen-bond acceptors (Lipinski definition) is 4. The second-order valence-corrected chi connectivity index (χ2v) is 10.1. The van der Waals surface area contributed by atoms with Gasteiger partial charge >= 0.3 is 5.97 Å². The highest BCUT2D eigenvalue weighted by Crippen LogP contribution is 2.29. The number of amides is 1. The van der Waals surface area contributed by atoms with Gasteiger partial charge in [0.15, 0.2) is 6.61 Å². The number of carbonyl (C=O) groups is 2. The SMILES string of the molecule is CCCCc1cccc([C@H](C)NC(=O)c2ccc3c(Cc4cccc(OCC(=O)OC)c4)c(C)n(C)c3c2)c1. The first-order chi connectivity index (χ1) is 18.8. The van der Waals surface area contributed by atoms with E-state index in [0.29, 0.717) is 17.7 Å². The zero-order valence-electron chi connectivity index (χ0n) is 23.5. The van der Waals surface area contributed by atoms with E-state index in [9.17, 15) is 9.59 Å². The molecule has 6 nitrogen and oxygen atoms in total. The summed E-state index contributed by atoms with van der Waals surface area (Å²) in [6.45, 7) is 6.20. The topological polar surface area (TPSA) is 69.6 Å². The summed E-state index contributed by atoms with van der Waals surface area (Å²) in [6, 6.07) is 22.1. The first-order valence-electron chi connectivity index (χ1n) is 13.6. The number of nitrogens with one attached hydrogen (secondary N) is 1. The Morgan fingerprint density at radius 3 is 2.54 bits per heavy atom. The highest BCUT2D eigenvalue weighted by atomic mass is 16.6. The molecule has 0 spiro atoms. The highest BCUT2D eigenvalue weighted by Gasteiger charge is 2.17. The molecule has 4 aromatic rings. The molecule has 1 N–H and O–H groups in total. The van der Waals surface area contributed by atoms with Crippen LogP contribution in [0.1, 0.15) is 71.0 Å². The molecule has 0 aliphatic heterocycles. The van der Waals surface area contributed by atoms with Crippen LogP contribution < -0.4 is 10.1 Å². The van der Waals surface area contributed by atoms with Crippen LogP contribution in [0, 0.1) is 6.92 Å². The number of benzene rings is 3. The van der Waals surface area contributed by atoms with Gasteiger partial charge in [0.25, 0.3) is 5.91 Å². The Balaban J connectivity index is 1.51. The van der Waals surface area contributed by atoms with Gasteiger partial charge in [-0.2, -0.15) is 0 Å². The predicted octanol–water partition coefficient (Wildman–Crippen LogP) is 6.46. The molecule has 0 fully saturated rings. The molecule has 1 amide bonds. The third kappa shape index (κ3) is 6.69. The average Bonchev–Trinajstić information content (AvgIpc) is 3.19. The Morgan fingerprint density at radius 2 is 1.77 bits per heavy atom. The van der Waals surface area contributed by atoms with E-state index in [0.717, 1.165) is 47.0 Å². The summed E-state index contributed by atoms with van der Waals surface area (Å²) in [4.78, 5) is 24.7. The largest absolute Gasteiger partial charge is 0.482 e. The van der Waals surface area contributed by atoms with E-state index in [1.165, 1.54) is 18.2 Å². The normalized spacial score (nSPS) is 11.8. The lowest BCUT2D eigenvalue weighted by atomic mass is 10.0. The van der Waals surface area contributed by atoms with Crippen LogP contribution in [-0.4, -0.2) is 30.2 Å². The lowest BCUT2D eigenvalue weighted by molar-refractivity contribution is -0.142. The summed E-state index contributed by atoms with van der Waals surface area (Å²) in [6.07, 6.45) is 4.09. The molecule has 1 heterocycles. The Labute approximate surface area is 230 Å². The Bertz CT molecular complexity index is 1470. The molecule has 0 aliphatic rings. The Hall–Kier alpha value is -4.06. The summed E-state index contributed by atoms with van der Waals surface area (Å²) >= 11 is 0. The molecule has 0 aliphatic carbocycles. The van der Waals surface area contributed by atoms with Crippen molar-refractivity contribution in [1.82, 2.24) is 9.88 Å². The number of ether oxygens (including phenoxy) is 2. The van der Waals surface area contributed by atoms with Crippen molar-refractivity contribution in [2.24, 2.45) is 7.05 Å². The lowest BCUT2D eigenvalue weighted by Gasteiger charge is -2.16. The minimum atomic E-state index is -0.417. The summed E-state index contributed by atoms with van der Waals surface area (Å²) in [5.41, 5.74) is 7.49. The summed E-state index contributed by atoms with van der Waals surface area (Å²) in [5.74, 6) is 0.124. The molecule has 0 radical (unpaired) electrons. The van der Waals surface area contributed by atoms with Gasteiger partial charge in [-0.1, -0.05) is 55.8 Å². The van der Waals surface area contributed by atoms with Crippen LogP contribution in [0.3, 0.4) is 0 Å². The van der Waals surface area contributed by atoms with Gasteiger partial charge in [0.2, 0.25) is 0 Å². The lowest BCUT2D eigenvalue weighted by Crippen LogP contribution is -2.26. The van der Waals surface area contributed by atoms with Crippen molar-refractivity contribution in [1.29, 1.82) is 0 Å². The number of aromatic nitrogens is 1. The van der Waals surface area contributed by atoms with Crippen molar-refractivity contribution in [3.8, 4) is 5.75 Å². The van der Waals surface area contributed by atoms with Gasteiger partial charge in [-0.05, 0) is 79.6 Å². The van der Waals surface area contributed by atoms with Crippen LogP contribution >= 0.6 is 0 Å². The number of methoxy groups -OCH3 is 1. The van der Waals surface area contributed by atoms with Gasteiger partial charge < -0.3 is 19.4 Å². The van der Waals surface area contributed by atoms with Crippen LogP contribution in [-0.2, 0) is 29.4 Å². The molecule has 4 rings (SSSR count).